The zero-order valence-electron chi connectivity index (χ0n) is 17.6. The lowest BCUT2D eigenvalue weighted by Gasteiger charge is -2.13. The van der Waals surface area contributed by atoms with Gasteiger partial charge in [0.2, 0.25) is 23.6 Å². The van der Waals surface area contributed by atoms with Crippen molar-refractivity contribution in [3.63, 3.8) is 0 Å². The zero-order chi connectivity index (χ0) is 23.1. The predicted molar refractivity (Wildman–Crippen MR) is 126 cm³/mol. The number of hydrazone groups is 1. The van der Waals surface area contributed by atoms with Crippen molar-refractivity contribution in [3.8, 4) is 5.75 Å². The molecule has 0 atom stereocenters. The van der Waals surface area contributed by atoms with Gasteiger partial charge in [-0.25, -0.2) is 5.43 Å². The molecule has 0 spiro atoms. The van der Waals surface area contributed by atoms with Gasteiger partial charge in [-0.3, -0.25) is 10.1 Å². The summed E-state index contributed by atoms with van der Waals surface area (Å²) in [4.78, 5) is 25.5. The summed E-state index contributed by atoms with van der Waals surface area (Å²) in [5.74, 6) is 1.11. The van der Waals surface area contributed by atoms with Crippen LogP contribution in [0.25, 0.3) is 0 Å². The Morgan fingerprint density at radius 3 is 2.56 bits per heavy atom. The number of halogens is 1. The highest BCUT2D eigenvalue weighted by atomic mass is 79.9. The highest BCUT2D eigenvalue weighted by molar-refractivity contribution is 9.10. The van der Waals surface area contributed by atoms with E-state index in [1.165, 1.54) is 19.4 Å². The standard InChI is InChI=1S/C20H21BrN8O3/c1-28(2)20-25-18(22-11-13-7-5-4-6-8-13)24-19(26-20)27-23-12-14-9-15(21)10-16(29(30)31)17(14)32-3/h4-10,12H,11H2,1-3H3,(H2,22,24,25,26,27)/b23-12-. The Hall–Kier alpha value is -3.80. The number of nitrogens with zero attached hydrogens (tertiary/aromatic N) is 6. The lowest BCUT2D eigenvalue weighted by Crippen LogP contribution is -2.16. The van der Waals surface area contributed by atoms with Crippen molar-refractivity contribution < 1.29 is 9.66 Å². The molecule has 3 rings (SSSR count). The largest absolute Gasteiger partial charge is 0.490 e. The summed E-state index contributed by atoms with van der Waals surface area (Å²) in [6.07, 6.45) is 1.40. The minimum Gasteiger partial charge on any atom is -0.490 e. The first-order chi connectivity index (χ1) is 15.4. The number of anilines is 3. The normalized spacial score (nSPS) is 10.8. The van der Waals surface area contributed by atoms with Crippen molar-refractivity contribution in [2.24, 2.45) is 5.10 Å². The van der Waals surface area contributed by atoms with Crippen LogP contribution in [0.3, 0.4) is 0 Å². The predicted octanol–water partition coefficient (Wildman–Crippen LogP) is 3.68. The maximum Gasteiger partial charge on any atom is 0.312 e. The summed E-state index contributed by atoms with van der Waals surface area (Å²) >= 11 is 3.26. The number of hydrogen-bond acceptors (Lipinski definition) is 10. The van der Waals surface area contributed by atoms with Gasteiger partial charge in [-0.15, -0.1) is 0 Å². The van der Waals surface area contributed by atoms with Gasteiger partial charge in [0.1, 0.15) is 0 Å². The summed E-state index contributed by atoms with van der Waals surface area (Å²) in [5.41, 5.74) is 4.06. The maximum atomic E-state index is 11.3. The molecule has 0 aliphatic rings. The molecule has 2 N–H and O–H groups in total. The van der Waals surface area contributed by atoms with Crippen LogP contribution in [0.5, 0.6) is 5.75 Å². The molecular formula is C20H21BrN8O3. The van der Waals surface area contributed by atoms with E-state index in [0.29, 0.717) is 28.5 Å². The molecule has 0 bridgehead atoms. The van der Waals surface area contributed by atoms with Gasteiger partial charge in [0.05, 0.1) is 18.2 Å². The zero-order valence-corrected chi connectivity index (χ0v) is 19.2. The van der Waals surface area contributed by atoms with E-state index >= 15 is 0 Å². The Morgan fingerprint density at radius 2 is 1.91 bits per heavy atom. The molecule has 3 aromatic rings. The first-order valence-electron chi connectivity index (χ1n) is 9.39. The second-order valence-corrected chi connectivity index (χ2v) is 7.61. The summed E-state index contributed by atoms with van der Waals surface area (Å²) in [5, 5.41) is 18.6. The van der Waals surface area contributed by atoms with Crippen molar-refractivity contribution in [3.05, 3.63) is 68.2 Å². The Labute approximate surface area is 192 Å². The smallest absolute Gasteiger partial charge is 0.312 e. The Morgan fingerprint density at radius 1 is 1.19 bits per heavy atom. The topological polar surface area (TPSA) is 131 Å². The van der Waals surface area contributed by atoms with Crippen LogP contribution in [-0.2, 0) is 6.54 Å². The third kappa shape index (κ3) is 5.88. The number of nitro groups is 1. The van der Waals surface area contributed by atoms with E-state index in [9.17, 15) is 10.1 Å². The fraction of sp³-hybridized carbons (Fsp3) is 0.200. The molecule has 2 aromatic carbocycles. The van der Waals surface area contributed by atoms with E-state index in [-0.39, 0.29) is 17.4 Å². The molecule has 0 amide bonds. The van der Waals surface area contributed by atoms with E-state index in [1.54, 1.807) is 11.0 Å². The third-order valence-corrected chi connectivity index (χ3v) is 4.61. The number of nitro benzene ring substituents is 1. The molecule has 1 heterocycles. The molecule has 0 saturated carbocycles. The van der Waals surface area contributed by atoms with Crippen LogP contribution in [0.4, 0.5) is 23.5 Å². The summed E-state index contributed by atoms with van der Waals surface area (Å²) in [6, 6.07) is 12.9. The molecule has 11 nitrogen and oxygen atoms in total. The van der Waals surface area contributed by atoms with Crippen LogP contribution in [0.1, 0.15) is 11.1 Å². The highest BCUT2D eigenvalue weighted by Crippen LogP contribution is 2.33. The number of nitrogens with one attached hydrogen (secondary N) is 2. The molecule has 1 aromatic heterocycles. The maximum absolute atomic E-state index is 11.3. The van der Waals surface area contributed by atoms with Crippen LogP contribution in [0.2, 0.25) is 0 Å². The Bertz CT molecular complexity index is 1130. The molecular weight excluding hydrogens is 480 g/mol. The van der Waals surface area contributed by atoms with Gasteiger partial charge < -0.3 is 15.0 Å². The van der Waals surface area contributed by atoms with Gasteiger partial charge in [0, 0.05) is 36.7 Å². The van der Waals surface area contributed by atoms with Crippen molar-refractivity contribution in [1.82, 2.24) is 15.0 Å². The summed E-state index contributed by atoms with van der Waals surface area (Å²) < 4.78 is 5.72. The van der Waals surface area contributed by atoms with Crippen molar-refractivity contribution >= 4 is 45.7 Å². The molecule has 166 valence electrons. The van der Waals surface area contributed by atoms with E-state index < -0.39 is 4.92 Å². The van der Waals surface area contributed by atoms with Crippen LogP contribution in [-0.4, -0.2) is 47.3 Å². The average Bonchev–Trinajstić information content (AvgIpc) is 2.78. The number of aromatic nitrogens is 3. The minimum absolute atomic E-state index is 0.0959. The quantitative estimate of drug-likeness (QED) is 0.256. The minimum atomic E-state index is -0.519. The van der Waals surface area contributed by atoms with Crippen molar-refractivity contribution in [1.29, 1.82) is 0 Å². The first-order valence-corrected chi connectivity index (χ1v) is 10.2. The first kappa shape index (κ1) is 22.9. The number of methoxy groups -OCH3 is 1. The molecule has 0 radical (unpaired) electrons. The van der Waals surface area contributed by atoms with Crippen LogP contribution < -0.4 is 20.4 Å². The molecule has 0 saturated heterocycles. The van der Waals surface area contributed by atoms with Gasteiger partial charge in [-0.1, -0.05) is 46.3 Å². The van der Waals surface area contributed by atoms with E-state index in [4.69, 9.17) is 4.74 Å². The van der Waals surface area contributed by atoms with Crippen LogP contribution in [0.15, 0.2) is 52.0 Å². The molecule has 0 aliphatic heterocycles. The monoisotopic (exact) mass is 500 g/mol. The molecule has 12 heteroatoms. The fourth-order valence-corrected chi connectivity index (χ4v) is 3.15. The second-order valence-electron chi connectivity index (χ2n) is 6.69. The summed E-state index contributed by atoms with van der Waals surface area (Å²) in [6.45, 7) is 0.541. The number of hydrogen-bond donors (Lipinski definition) is 2. The second kappa shape index (κ2) is 10.5. The van der Waals surface area contributed by atoms with E-state index in [2.05, 4.69) is 46.7 Å². The van der Waals surface area contributed by atoms with Gasteiger partial charge in [-0.05, 0) is 11.6 Å². The molecule has 32 heavy (non-hydrogen) atoms. The SMILES string of the molecule is COc1c(/C=N\Nc2nc(NCc3ccccc3)nc(N(C)C)n2)cc(Br)cc1[N+](=O)[O-]. The number of ether oxygens (including phenoxy) is 1. The van der Waals surface area contributed by atoms with E-state index in [1.807, 2.05) is 44.4 Å². The van der Waals surface area contributed by atoms with Gasteiger partial charge >= 0.3 is 5.69 Å². The molecule has 0 aliphatic carbocycles. The van der Waals surface area contributed by atoms with Gasteiger partial charge in [0.25, 0.3) is 0 Å². The van der Waals surface area contributed by atoms with Gasteiger partial charge in [-0.2, -0.15) is 20.1 Å². The Kier molecular flexibility index (Phi) is 7.49. The van der Waals surface area contributed by atoms with Crippen molar-refractivity contribution in [2.75, 3.05) is 36.8 Å². The Balaban J connectivity index is 1.82. The fourth-order valence-electron chi connectivity index (χ4n) is 2.68. The number of rotatable bonds is 9. The lowest BCUT2D eigenvalue weighted by molar-refractivity contribution is -0.385. The molecule has 0 unspecified atom stereocenters. The summed E-state index contributed by atoms with van der Waals surface area (Å²) in [7, 11) is 4.99. The average molecular weight is 501 g/mol. The van der Waals surface area contributed by atoms with Gasteiger partial charge in [0.15, 0.2) is 0 Å². The number of benzene rings is 2. The van der Waals surface area contributed by atoms with Crippen LogP contribution >= 0.6 is 15.9 Å². The molecule has 0 fully saturated rings. The van der Waals surface area contributed by atoms with E-state index in [0.717, 1.165) is 5.56 Å². The van der Waals surface area contributed by atoms with Crippen molar-refractivity contribution in [2.45, 2.75) is 6.54 Å². The highest BCUT2D eigenvalue weighted by Gasteiger charge is 2.19. The lowest BCUT2D eigenvalue weighted by atomic mass is 10.2. The third-order valence-electron chi connectivity index (χ3n) is 4.15. The van der Waals surface area contributed by atoms with Crippen LogP contribution in [0, 0.1) is 10.1 Å².